The zero-order valence-electron chi connectivity index (χ0n) is 12.0. The number of hydrogen-bond acceptors (Lipinski definition) is 3. The third-order valence-corrected chi connectivity index (χ3v) is 4.38. The summed E-state index contributed by atoms with van der Waals surface area (Å²) >= 11 is 0. The lowest BCUT2D eigenvalue weighted by molar-refractivity contribution is -0.148. The number of carbonyl (C=O) groups excluding carboxylic acids is 1. The molecule has 2 amide bonds. The van der Waals surface area contributed by atoms with E-state index in [1.54, 1.807) is 9.80 Å². The number of likely N-dealkylation sites (tertiary alicyclic amines) is 1. The van der Waals surface area contributed by atoms with Crippen LogP contribution in [0.1, 0.15) is 39.0 Å². The fourth-order valence-electron chi connectivity index (χ4n) is 3.11. The van der Waals surface area contributed by atoms with Crippen LogP contribution in [0.25, 0.3) is 0 Å². The number of carboxylic acids is 1. The minimum atomic E-state index is -0.796. The maximum atomic E-state index is 12.5. The third kappa shape index (κ3) is 2.90. The molecule has 20 heavy (non-hydrogen) atoms. The summed E-state index contributed by atoms with van der Waals surface area (Å²) in [7, 11) is 0. The molecule has 1 heterocycles. The molecule has 2 N–H and O–H groups in total. The zero-order valence-corrected chi connectivity index (χ0v) is 12.0. The summed E-state index contributed by atoms with van der Waals surface area (Å²) in [5.74, 6) is -0.796. The van der Waals surface area contributed by atoms with Gasteiger partial charge in [-0.05, 0) is 25.7 Å². The smallest absolute Gasteiger partial charge is 0.320 e. The number of carboxylic acid groups (broad SMARTS) is 1. The summed E-state index contributed by atoms with van der Waals surface area (Å²) < 4.78 is 0. The average Bonchev–Trinajstić information content (AvgIpc) is 3.16. The second kappa shape index (κ2) is 5.99. The van der Waals surface area contributed by atoms with Crippen LogP contribution in [-0.2, 0) is 4.79 Å². The van der Waals surface area contributed by atoms with Crippen molar-refractivity contribution in [1.82, 2.24) is 9.80 Å². The predicted octanol–water partition coefficient (Wildman–Crippen LogP) is 1.14. The molecule has 0 spiro atoms. The molecule has 0 radical (unpaired) electrons. The normalized spacial score (nSPS) is 25.8. The van der Waals surface area contributed by atoms with Gasteiger partial charge in [0.2, 0.25) is 0 Å². The molecular weight excluding hydrogens is 260 g/mol. The minimum Gasteiger partial charge on any atom is -0.481 e. The zero-order chi connectivity index (χ0) is 14.8. The lowest BCUT2D eigenvalue weighted by Gasteiger charge is -2.29. The first-order chi connectivity index (χ1) is 9.54. The van der Waals surface area contributed by atoms with E-state index in [1.165, 1.54) is 0 Å². The highest BCUT2D eigenvalue weighted by Crippen LogP contribution is 2.37. The van der Waals surface area contributed by atoms with Gasteiger partial charge in [0.1, 0.15) is 0 Å². The fourth-order valence-corrected chi connectivity index (χ4v) is 3.11. The van der Waals surface area contributed by atoms with Gasteiger partial charge in [0.15, 0.2) is 0 Å². The van der Waals surface area contributed by atoms with Gasteiger partial charge in [-0.1, -0.05) is 13.3 Å². The van der Waals surface area contributed by atoms with Crippen LogP contribution >= 0.6 is 0 Å². The van der Waals surface area contributed by atoms with Crippen molar-refractivity contribution in [3.8, 4) is 0 Å². The molecule has 6 nitrogen and oxygen atoms in total. The van der Waals surface area contributed by atoms with Gasteiger partial charge in [0.05, 0.1) is 12.0 Å². The number of urea groups is 1. The van der Waals surface area contributed by atoms with Gasteiger partial charge in [-0.2, -0.15) is 0 Å². The number of aliphatic hydroxyl groups excluding tert-OH is 1. The van der Waals surface area contributed by atoms with E-state index < -0.39 is 11.4 Å². The van der Waals surface area contributed by atoms with E-state index in [9.17, 15) is 14.7 Å². The first-order valence-corrected chi connectivity index (χ1v) is 7.44. The Morgan fingerprint density at radius 2 is 2.10 bits per heavy atom. The van der Waals surface area contributed by atoms with E-state index in [0.717, 1.165) is 19.3 Å². The summed E-state index contributed by atoms with van der Waals surface area (Å²) in [5.41, 5.74) is -0.779. The average molecular weight is 284 g/mol. The van der Waals surface area contributed by atoms with E-state index >= 15 is 0 Å². The summed E-state index contributed by atoms with van der Waals surface area (Å²) in [5, 5.41) is 18.5. The van der Waals surface area contributed by atoms with Gasteiger partial charge >= 0.3 is 12.0 Å². The van der Waals surface area contributed by atoms with Crippen molar-refractivity contribution < 1.29 is 19.8 Å². The third-order valence-electron chi connectivity index (χ3n) is 4.38. The maximum absolute atomic E-state index is 12.5. The molecule has 0 bridgehead atoms. The van der Waals surface area contributed by atoms with Crippen LogP contribution in [-0.4, -0.2) is 64.3 Å². The van der Waals surface area contributed by atoms with E-state index in [2.05, 4.69) is 0 Å². The first-order valence-electron chi connectivity index (χ1n) is 7.44. The highest BCUT2D eigenvalue weighted by molar-refractivity contribution is 5.80. The van der Waals surface area contributed by atoms with Crippen LogP contribution in [0.3, 0.4) is 0 Å². The van der Waals surface area contributed by atoms with Gasteiger partial charge in [-0.15, -0.1) is 0 Å². The molecule has 0 aromatic heterocycles. The van der Waals surface area contributed by atoms with Crippen molar-refractivity contribution in [2.45, 2.75) is 45.1 Å². The second-order valence-corrected chi connectivity index (χ2v) is 5.94. The Morgan fingerprint density at radius 3 is 2.60 bits per heavy atom. The van der Waals surface area contributed by atoms with Gasteiger partial charge in [-0.25, -0.2) is 4.79 Å². The summed E-state index contributed by atoms with van der Waals surface area (Å²) in [6, 6.07) is 0.126. The molecule has 1 unspecified atom stereocenters. The Kier molecular flexibility index (Phi) is 4.52. The van der Waals surface area contributed by atoms with Crippen LogP contribution in [0.15, 0.2) is 0 Å². The van der Waals surface area contributed by atoms with Gasteiger partial charge in [0, 0.05) is 25.7 Å². The van der Waals surface area contributed by atoms with Crippen molar-refractivity contribution in [3.05, 3.63) is 0 Å². The number of rotatable bonds is 6. The fraction of sp³-hybridized carbons (Fsp3) is 0.857. The van der Waals surface area contributed by atoms with Crippen molar-refractivity contribution in [2.24, 2.45) is 5.41 Å². The Morgan fingerprint density at radius 1 is 1.40 bits per heavy atom. The van der Waals surface area contributed by atoms with E-state index in [4.69, 9.17) is 5.11 Å². The molecule has 114 valence electrons. The van der Waals surface area contributed by atoms with Crippen molar-refractivity contribution >= 4 is 12.0 Å². The van der Waals surface area contributed by atoms with E-state index in [0.29, 0.717) is 32.5 Å². The van der Waals surface area contributed by atoms with Crippen molar-refractivity contribution in [1.29, 1.82) is 0 Å². The standard InChI is InChI=1S/C14H24N2O4/c1-2-5-14(12(18)19)6-7-15(10-14)13(20)16(8-9-17)11-3-4-11/h11,17H,2-10H2,1H3,(H,18,19). The van der Waals surface area contributed by atoms with E-state index in [1.807, 2.05) is 6.92 Å². The number of nitrogens with zero attached hydrogens (tertiary/aromatic N) is 2. The largest absolute Gasteiger partial charge is 0.481 e. The van der Waals surface area contributed by atoms with Gasteiger partial charge < -0.3 is 20.0 Å². The number of amides is 2. The Bertz CT molecular complexity index is 383. The molecule has 2 rings (SSSR count). The number of aliphatic carboxylic acids is 1. The van der Waals surface area contributed by atoms with Crippen LogP contribution in [0.2, 0.25) is 0 Å². The van der Waals surface area contributed by atoms with Crippen molar-refractivity contribution in [3.63, 3.8) is 0 Å². The van der Waals surface area contributed by atoms with Crippen LogP contribution in [0, 0.1) is 5.41 Å². The molecule has 1 saturated carbocycles. The monoisotopic (exact) mass is 284 g/mol. The summed E-state index contributed by atoms with van der Waals surface area (Å²) in [6.07, 6.45) is 3.91. The quantitative estimate of drug-likeness (QED) is 0.766. The second-order valence-electron chi connectivity index (χ2n) is 5.94. The molecular formula is C14H24N2O4. The number of hydrogen-bond donors (Lipinski definition) is 2. The molecule has 1 saturated heterocycles. The summed E-state index contributed by atoms with van der Waals surface area (Å²) in [4.78, 5) is 27.4. The Balaban J connectivity index is 2.03. The number of carbonyl (C=O) groups is 2. The van der Waals surface area contributed by atoms with Gasteiger partial charge in [0.25, 0.3) is 0 Å². The minimum absolute atomic E-state index is 0.0465. The first kappa shape index (κ1) is 15.1. The SMILES string of the molecule is CCCC1(C(=O)O)CCN(C(=O)N(CCO)C2CC2)C1. The predicted molar refractivity (Wildman–Crippen MR) is 73.4 cm³/mol. The number of aliphatic hydroxyl groups is 1. The Labute approximate surface area is 119 Å². The molecule has 0 aromatic carbocycles. The maximum Gasteiger partial charge on any atom is 0.320 e. The molecule has 2 aliphatic rings. The lowest BCUT2D eigenvalue weighted by atomic mass is 9.83. The highest BCUT2D eigenvalue weighted by Gasteiger charge is 2.47. The lowest BCUT2D eigenvalue weighted by Crippen LogP contribution is -2.46. The molecule has 6 heteroatoms. The van der Waals surface area contributed by atoms with Crippen LogP contribution in [0.5, 0.6) is 0 Å². The molecule has 1 aliphatic heterocycles. The van der Waals surface area contributed by atoms with E-state index in [-0.39, 0.29) is 18.7 Å². The van der Waals surface area contributed by atoms with Crippen LogP contribution < -0.4 is 0 Å². The highest BCUT2D eigenvalue weighted by atomic mass is 16.4. The van der Waals surface area contributed by atoms with Gasteiger partial charge in [-0.3, -0.25) is 4.79 Å². The Hall–Kier alpha value is -1.30. The summed E-state index contributed by atoms with van der Waals surface area (Å²) in [6.45, 7) is 3.06. The molecule has 2 fully saturated rings. The topological polar surface area (TPSA) is 81.1 Å². The molecule has 0 aromatic rings. The molecule has 1 atom stereocenters. The van der Waals surface area contributed by atoms with Crippen molar-refractivity contribution in [2.75, 3.05) is 26.2 Å². The molecule has 1 aliphatic carbocycles. The van der Waals surface area contributed by atoms with Crippen LogP contribution in [0.4, 0.5) is 4.79 Å².